The van der Waals surface area contributed by atoms with Crippen molar-refractivity contribution in [3.05, 3.63) is 42.2 Å². The van der Waals surface area contributed by atoms with Gasteiger partial charge in [-0.3, -0.25) is 19.1 Å². The number of hydrogen-bond acceptors (Lipinski definition) is 5. The molecular weight excluding hydrogens is 374 g/mol. The maximum absolute atomic E-state index is 12.9. The molecular formula is C20H27N5O2S. The summed E-state index contributed by atoms with van der Waals surface area (Å²) < 4.78 is 1.98. The van der Waals surface area contributed by atoms with Crippen LogP contribution in [0.1, 0.15) is 23.7 Å². The van der Waals surface area contributed by atoms with E-state index in [1.54, 1.807) is 18.0 Å². The Morgan fingerprint density at radius 2 is 2.00 bits per heavy atom. The summed E-state index contributed by atoms with van der Waals surface area (Å²) in [5.74, 6) is 0.0852. The molecule has 0 aliphatic carbocycles. The van der Waals surface area contributed by atoms with E-state index in [0.717, 1.165) is 17.3 Å². The number of amides is 2. The molecule has 0 saturated carbocycles. The molecule has 1 aromatic carbocycles. The number of benzene rings is 1. The van der Waals surface area contributed by atoms with E-state index in [1.807, 2.05) is 53.1 Å². The van der Waals surface area contributed by atoms with Crippen molar-refractivity contribution in [2.24, 2.45) is 0 Å². The van der Waals surface area contributed by atoms with Crippen molar-refractivity contribution in [1.82, 2.24) is 24.7 Å². The van der Waals surface area contributed by atoms with Crippen LogP contribution in [0.5, 0.6) is 0 Å². The van der Waals surface area contributed by atoms with E-state index < -0.39 is 0 Å². The minimum Gasteiger partial charge on any atom is -0.355 e. The van der Waals surface area contributed by atoms with Crippen LogP contribution >= 0.6 is 11.8 Å². The lowest BCUT2D eigenvalue weighted by atomic mass is 10.1. The van der Waals surface area contributed by atoms with E-state index in [1.165, 1.54) is 0 Å². The van der Waals surface area contributed by atoms with Crippen molar-refractivity contribution in [2.75, 3.05) is 45.5 Å². The summed E-state index contributed by atoms with van der Waals surface area (Å²) >= 11 is 1.57. The predicted molar refractivity (Wildman–Crippen MR) is 111 cm³/mol. The SMILES string of the molecule is CCCNC(=O)CN1CCN(C(=O)c2cccc(-n3ccnc3SC)c2)CC1. The van der Waals surface area contributed by atoms with Crippen LogP contribution in [0.25, 0.3) is 5.69 Å². The molecule has 7 nitrogen and oxygen atoms in total. The lowest BCUT2D eigenvalue weighted by Gasteiger charge is -2.34. The molecule has 2 heterocycles. The summed E-state index contributed by atoms with van der Waals surface area (Å²) in [6.07, 6.45) is 6.58. The van der Waals surface area contributed by atoms with E-state index in [0.29, 0.717) is 44.8 Å². The van der Waals surface area contributed by atoms with Gasteiger partial charge in [0.1, 0.15) is 0 Å². The highest BCUT2D eigenvalue weighted by atomic mass is 32.2. The number of nitrogens with one attached hydrogen (secondary N) is 1. The van der Waals surface area contributed by atoms with Gasteiger partial charge in [0.2, 0.25) is 5.91 Å². The predicted octanol–water partition coefficient (Wildman–Crippen LogP) is 1.88. The zero-order valence-corrected chi connectivity index (χ0v) is 17.2. The number of thioether (sulfide) groups is 1. The van der Waals surface area contributed by atoms with Crippen molar-refractivity contribution < 1.29 is 9.59 Å². The van der Waals surface area contributed by atoms with Crippen molar-refractivity contribution in [1.29, 1.82) is 0 Å². The summed E-state index contributed by atoms with van der Waals surface area (Å²) in [6, 6.07) is 7.65. The van der Waals surface area contributed by atoms with Crippen molar-refractivity contribution >= 4 is 23.6 Å². The maximum Gasteiger partial charge on any atom is 0.254 e. The molecule has 0 radical (unpaired) electrons. The second kappa shape index (κ2) is 9.75. The summed E-state index contributed by atoms with van der Waals surface area (Å²) in [5, 5.41) is 3.79. The highest BCUT2D eigenvalue weighted by Gasteiger charge is 2.23. The number of aromatic nitrogens is 2. The lowest BCUT2D eigenvalue weighted by Crippen LogP contribution is -2.51. The standard InChI is InChI=1S/C20H27N5O2S/c1-3-7-21-18(26)15-23-10-12-24(13-11-23)19(27)16-5-4-6-17(14-16)25-9-8-22-20(25)28-2/h4-6,8-9,14H,3,7,10-13,15H2,1-2H3,(H,21,26). The van der Waals surface area contributed by atoms with Crippen LogP contribution in [0.15, 0.2) is 41.8 Å². The number of rotatable bonds is 7. The summed E-state index contributed by atoms with van der Waals surface area (Å²) in [4.78, 5) is 33.1. The average molecular weight is 402 g/mol. The Hall–Kier alpha value is -2.32. The Morgan fingerprint density at radius 3 is 2.71 bits per heavy atom. The number of imidazole rings is 1. The minimum atomic E-state index is 0.0303. The van der Waals surface area contributed by atoms with Gasteiger partial charge in [0.05, 0.1) is 6.54 Å². The summed E-state index contributed by atoms with van der Waals surface area (Å²) in [6.45, 7) is 5.83. The lowest BCUT2D eigenvalue weighted by molar-refractivity contribution is -0.122. The summed E-state index contributed by atoms with van der Waals surface area (Å²) in [5.41, 5.74) is 1.60. The van der Waals surface area contributed by atoms with Gasteiger partial charge in [0.25, 0.3) is 5.91 Å². The monoisotopic (exact) mass is 401 g/mol. The third-order valence-electron chi connectivity index (χ3n) is 4.76. The number of hydrogen-bond donors (Lipinski definition) is 1. The number of carbonyl (C=O) groups excluding carboxylic acids is 2. The van der Waals surface area contributed by atoms with Crippen LogP contribution in [0.3, 0.4) is 0 Å². The smallest absolute Gasteiger partial charge is 0.254 e. The fourth-order valence-corrected chi connectivity index (χ4v) is 3.77. The van der Waals surface area contributed by atoms with E-state index >= 15 is 0 Å². The van der Waals surface area contributed by atoms with Gasteiger partial charge in [-0.25, -0.2) is 4.98 Å². The third-order valence-corrected chi connectivity index (χ3v) is 5.43. The Kier molecular flexibility index (Phi) is 7.11. The van der Waals surface area contributed by atoms with E-state index in [4.69, 9.17) is 0 Å². The highest BCUT2D eigenvalue weighted by molar-refractivity contribution is 7.98. The van der Waals surface area contributed by atoms with E-state index in [9.17, 15) is 9.59 Å². The van der Waals surface area contributed by atoms with Crippen LogP contribution in [0, 0.1) is 0 Å². The molecule has 3 rings (SSSR count). The van der Waals surface area contributed by atoms with Gasteiger partial charge in [-0.05, 0) is 30.9 Å². The molecule has 150 valence electrons. The van der Waals surface area contributed by atoms with Crippen molar-refractivity contribution in [3.8, 4) is 5.69 Å². The highest BCUT2D eigenvalue weighted by Crippen LogP contribution is 2.20. The minimum absolute atomic E-state index is 0.0303. The van der Waals surface area contributed by atoms with Gasteiger partial charge >= 0.3 is 0 Å². The molecule has 1 saturated heterocycles. The summed E-state index contributed by atoms with van der Waals surface area (Å²) in [7, 11) is 0. The Bertz CT molecular complexity index is 814. The molecule has 0 atom stereocenters. The van der Waals surface area contributed by atoms with Gasteiger partial charge in [-0.15, -0.1) is 0 Å². The first kappa shape index (κ1) is 20.4. The molecule has 0 bridgehead atoms. The Balaban J connectivity index is 1.60. The Morgan fingerprint density at radius 1 is 1.21 bits per heavy atom. The van der Waals surface area contributed by atoms with E-state index in [2.05, 4.69) is 15.2 Å². The second-order valence-corrected chi connectivity index (χ2v) is 7.53. The topological polar surface area (TPSA) is 70.5 Å². The van der Waals surface area contributed by atoms with Crippen LogP contribution in [-0.2, 0) is 4.79 Å². The van der Waals surface area contributed by atoms with Crippen LogP contribution < -0.4 is 5.32 Å². The normalized spacial score (nSPS) is 14.9. The molecule has 0 unspecified atom stereocenters. The zero-order valence-electron chi connectivity index (χ0n) is 16.4. The quantitative estimate of drug-likeness (QED) is 0.718. The molecule has 28 heavy (non-hydrogen) atoms. The maximum atomic E-state index is 12.9. The van der Waals surface area contributed by atoms with Gasteiger partial charge in [-0.1, -0.05) is 24.8 Å². The van der Waals surface area contributed by atoms with E-state index in [-0.39, 0.29) is 11.8 Å². The molecule has 1 N–H and O–H groups in total. The fourth-order valence-electron chi connectivity index (χ4n) is 3.24. The number of nitrogens with zero attached hydrogens (tertiary/aromatic N) is 4. The van der Waals surface area contributed by atoms with Crippen LogP contribution in [-0.4, -0.2) is 76.7 Å². The molecule has 0 spiro atoms. The first-order chi connectivity index (χ1) is 13.6. The van der Waals surface area contributed by atoms with Crippen molar-refractivity contribution in [2.45, 2.75) is 18.5 Å². The molecule has 8 heteroatoms. The molecule has 1 aliphatic heterocycles. The molecule has 1 aromatic heterocycles. The average Bonchev–Trinajstić information content (AvgIpc) is 3.21. The van der Waals surface area contributed by atoms with Gasteiger partial charge in [0, 0.05) is 56.4 Å². The molecule has 1 aliphatic rings. The first-order valence-corrected chi connectivity index (χ1v) is 10.8. The Labute approximate surface area is 170 Å². The zero-order chi connectivity index (χ0) is 19.9. The third kappa shape index (κ3) is 4.94. The van der Waals surface area contributed by atoms with Crippen molar-refractivity contribution in [3.63, 3.8) is 0 Å². The molecule has 1 fully saturated rings. The second-order valence-electron chi connectivity index (χ2n) is 6.75. The fraction of sp³-hybridized carbons (Fsp3) is 0.450. The number of piperazine rings is 1. The first-order valence-electron chi connectivity index (χ1n) is 9.58. The van der Waals surface area contributed by atoms with Gasteiger partial charge in [0.15, 0.2) is 5.16 Å². The van der Waals surface area contributed by atoms with Crippen LogP contribution in [0.4, 0.5) is 0 Å². The number of carbonyl (C=O) groups is 2. The van der Waals surface area contributed by atoms with Gasteiger partial charge < -0.3 is 10.2 Å². The molecule has 2 amide bonds. The van der Waals surface area contributed by atoms with Gasteiger partial charge in [-0.2, -0.15) is 0 Å². The van der Waals surface area contributed by atoms with Crippen LogP contribution in [0.2, 0.25) is 0 Å². The largest absolute Gasteiger partial charge is 0.355 e. The molecule has 2 aromatic rings.